The van der Waals surface area contributed by atoms with E-state index in [1.54, 1.807) is 0 Å². The van der Waals surface area contributed by atoms with Crippen molar-refractivity contribution >= 4 is 77.8 Å². The van der Waals surface area contributed by atoms with Gasteiger partial charge in [-0.15, -0.1) is 0 Å². The average molecular weight is 577 g/mol. The Morgan fingerprint density at radius 2 is 1.69 bits per heavy atom. The van der Waals surface area contributed by atoms with Crippen LogP contribution in [0.3, 0.4) is 0 Å². The molecule has 0 aliphatic heterocycles. The zero-order valence-electron chi connectivity index (χ0n) is 8.43. The van der Waals surface area contributed by atoms with Gasteiger partial charge in [0, 0.05) is 17.3 Å². The highest BCUT2D eigenvalue weighted by molar-refractivity contribution is 14.1. The molecule has 0 saturated heterocycles. The first-order valence-corrected chi connectivity index (χ1v) is 9.24. The van der Waals surface area contributed by atoms with Crippen LogP contribution < -0.4 is 4.72 Å². The third-order valence-electron chi connectivity index (χ3n) is 1.77. The zero-order valence-corrected chi connectivity index (χ0v) is 15.7. The van der Waals surface area contributed by atoms with Crippen molar-refractivity contribution in [2.45, 2.75) is 18.2 Å². The van der Waals surface area contributed by atoms with Gasteiger partial charge in [0.1, 0.15) is 4.90 Å². The van der Waals surface area contributed by atoms with Gasteiger partial charge in [-0.25, -0.2) is 13.1 Å². The summed E-state index contributed by atoms with van der Waals surface area (Å²) >= 11 is 6.30. The molecule has 0 amide bonds. The van der Waals surface area contributed by atoms with E-state index in [-0.39, 0.29) is 0 Å². The van der Waals surface area contributed by atoms with E-state index in [4.69, 9.17) is 0 Å². The minimum absolute atomic E-state index is 0.391. The summed E-state index contributed by atoms with van der Waals surface area (Å²) in [6.07, 6.45) is 0.788. The molecule has 16 heavy (non-hydrogen) atoms. The van der Waals surface area contributed by atoms with E-state index in [2.05, 4.69) is 72.5 Å². The summed E-state index contributed by atoms with van der Waals surface area (Å²) in [4.78, 5) is 0.391. The Hall–Kier alpha value is 1.32. The van der Waals surface area contributed by atoms with Gasteiger partial charge >= 0.3 is 0 Å². The molecule has 3 nitrogen and oxygen atoms in total. The maximum absolute atomic E-state index is 12.0. The van der Waals surface area contributed by atoms with Crippen LogP contribution >= 0.6 is 67.8 Å². The van der Waals surface area contributed by atoms with Crippen molar-refractivity contribution in [3.63, 3.8) is 0 Å². The zero-order chi connectivity index (χ0) is 12.3. The second kappa shape index (κ2) is 6.48. The van der Waals surface area contributed by atoms with Crippen molar-refractivity contribution in [3.05, 3.63) is 22.8 Å². The fourth-order valence-electron chi connectivity index (χ4n) is 1.09. The molecule has 0 bridgehead atoms. The number of hydrogen-bond donors (Lipinski definition) is 1. The highest BCUT2D eigenvalue weighted by Crippen LogP contribution is 2.26. The molecule has 0 spiro atoms. The highest BCUT2D eigenvalue weighted by atomic mass is 127. The van der Waals surface area contributed by atoms with Crippen LogP contribution in [0.1, 0.15) is 13.3 Å². The summed E-state index contributed by atoms with van der Waals surface area (Å²) in [6.45, 7) is 2.41. The third kappa shape index (κ3) is 3.92. The Morgan fingerprint density at radius 3 is 2.12 bits per heavy atom. The minimum Gasteiger partial charge on any atom is -0.211 e. The summed E-state index contributed by atoms with van der Waals surface area (Å²) in [5.74, 6) is 0. The largest absolute Gasteiger partial charge is 0.242 e. The van der Waals surface area contributed by atoms with Gasteiger partial charge in [0.25, 0.3) is 0 Å². The van der Waals surface area contributed by atoms with Crippen molar-refractivity contribution in [2.75, 3.05) is 6.54 Å². The molecule has 1 aromatic rings. The molecule has 0 aliphatic rings. The first kappa shape index (κ1) is 15.4. The molecule has 0 saturated carbocycles. The van der Waals surface area contributed by atoms with Gasteiger partial charge in [-0.2, -0.15) is 0 Å². The van der Waals surface area contributed by atoms with Crippen molar-refractivity contribution in [1.29, 1.82) is 0 Å². The SMILES string of the molecule is CCCNS(=O)(=O)c1c(I)cc(I)cc1I. The second-order valence-corrected chi connectivity index (χ2v) is 8.37. The predicted molar refractivity (Wildman–Crippen MR) is 90.1 cm³/mol. The van der Waals surface area contributed by atoms with Crippen molar-refractivity contribution in [1.82, 2.24) is 4.72 Å². The summed E-state index contributed by atoms with van der Waals surface area (Å²) in [7, 11) is -3.37. The predicted octanol–water partition coefficient (Wildman–Crippen LogP) is 3.19. The van der Waals surface area contributed by atoms with E-state index in [1.807, 2.05) is 19.1 Å². The summed E-state index contributed by atoms with van der Waals surface area (Å²) < 4.78 is 29.2. The van der Waals surface area contributed by atoms with Crippen molar-refractivity contribution in [2.24, 2.45) is 0 Å². The van der Waals surface area contributed by atoms with E-state index < -0.39 is 10.0 Å². The van der Waals surface area contributed by atoms with Crippen LogP contribution in [0.2, 0.25) is 0 Å². The van der Waals surface area contributed by atoms with Gasteiger partial charge in [-0.1, -0.05) is 6.92 Å². The lowest BCUT2D eigenvalue weighted by Gasteiger charge is -2.10. The second-order valence-electron chi connectivity index (χ2n) is 3.10. The number of hydrogen-bond acceptors (Lipinski definition) is 2. The fourth-order valence-corrected chi connectivity index (χ4v) is 7.66. The van der Waals surface area contributed by atoms with Crippen LogP contribution in [0.25, 0.3) is 0 Å². The van der Waals surface area contributed by atoms with Crippen LogP contribution in [0, 0.1) is 10.7 Å². The summed E-state index contributed by atoms with van der Waals surface area (Å²) in [6, 6.07) is 3.73. The quantitative estimate of drug-likeness (QED) is 0.560. The van der Waals surface area contributed by atoms with E-state index >= 15 is 0 Å². The lowest BCUT2D eigenvalue weighted by molar-refractivity contribution is 0.579. The Kier molecular flexibility index (Phi) is 6.22. The van der Waals surface area contributed by atoms with Crippen LogP contribution in [0.5, 0.6) is 0 Å². The molecule has 0 aromatic heterocycles. The number of rotatable bonds is 4. The van der Waals surface area contributed by atoms with Gasteiger partial charge in [0.05, 0.1) is 0 Å². The Labute approximate surface area is 137 Å². The third-order valence-corrected chi connectivity index (χ3v) is 6.39. The maximum atomic E-state index is 12.0. The molecule has 1 aromatic carbocycles. The molecule has 90 valence electrons. The first-order chi connectivity index (χ1) is 7.38. The molecule has 7 heteroatoms. The molecular formula is C9H10I3NO2S. The smallest absolute Gasteiger partial charge is 0.211 e. The molecule has 0 unspecified atom stereocenters. The summed E-state index contributed by atoms with van der Waals surface area (Å²) in [5, 5.41) is 0. The van der Waals surface area contributed by atoms with Crippen LogP contribution in [0.15, 0.2) is 17.0 Å². The lowest BCUT2D eigenvalue weighted by Crippen LogP contribution is -2.26. The lowest BCUT2D eigenvalue weighted by atomic mass is 10.4. The van der Waals surface area contributed by atoms with Gasteiger partial charge in [0.2, 0.25) is 10.0 Å². The average Bonchev–Trinajstić information content (AvgIpc) is 2.12. The van der Waals surface area contributed by atoms with Crippen LogP contribution in [-0.4, -0.2) is 15.0 Å². The van der Waals surface area contributed by atoms with E-state index in [0.29, 0.717) is 11.4 Å². The van der Waals surface area contributed by atoms with Crippen LogP contribution in [-0.2, 0) is 10.0 Å². The monoisotopic (exact) mass is 577 g/mol. The standard InChI is InChI=1S/C9H10I3NO2S/c1-2-3-13-16(14,15)9-7(11)4-6(10)5-8(9)12/h4-5,13H,2-3H2,1H3. The Balaban J connectivity index is 3.23. The molecule has 0 heterocycles. The molecule has 1 N–H and O–H groups in total. The van der Waals surface area contributed by atoms with Gasteiger partial charge in [0.15, 0.2) is 0 Å². The number of benzene rings is 1. The number of sulfonamides is 1. The number of nitrogens with one attached hydrogen (secondary N) is 1. The van der Waals surface area contributed by atoms with Crippen LogP contribution in [0.4, 0.5) is 0 Å². The molecule has 0 aliphatic carbocycles. The normalized spacial score (nSPS) is 11.8. The molecule has 0 fully saturated rings. The fraction of sp³-hybridized carbons (Fsp3) is 0.333. The van der Waals surface area contributed by atoms with Crippen molar-refractivity contribution in [3.8, 4) is 0 Å². The molecule has 1 rings (SSSR count). The minimum atomic E-state index is -3.37. The molecular weight excluding hydrogens is 567 g/mol. The van der Waals surface area contributed by atoms with E-state index in [0.717, 1.165) is 17.1 Å². The summed E-state index contributed by atoms with van der Waals surface area (Å²) in [5.41, 5.74) is 0. The van der Waals surface area contributed by atoms with Crippen molar-refractivity contribution < 1.29 is 8.42 Å². The topological polar surface area (TPSA) is 46.2 Å². The molecule has 0 atom stereocenters. The Bertz CT molecular complexity index is 465. The Morgan fingerprint density at radius 1 is 1.19 bits per heavy atom. The number of halogens is 3. The van der Waals surface area contributed by atoms with Gasteiger partial charge in [-0.05, 0) is 86.3 Å². The van der Waals surface area contributed by atoms with Gasteiger partial charge in [-0.3, -0.25) is 0 Å². The van der Waals surface area contributed by atoms with Gasteiger partial charge < -0.3 is 0 Å². The first-order valence-electron chi connectivity index (χ1n) is 4.52. The maximum Gasteiger partial charge on any atom is 0.242 e. The van der Waals surface area contributed by atoms with E-state index in [9.17, 15) is 8.42 Å². The molecule has 0 radical (unpaired) electrons. The highest BCUT2D eigenvalue weighted by Gasteiger charge is 2.20. The van der Waals surface area contributed by atoms with E-state index in [1.165, 1.54) is 0 Å².